The molecule has 0 bridgehead atoms. The molecule has 0 fully saturated rings. The van der Waals surface area contributed by atoms with Crippen LogP contribution in [0.2, 0.25) is 0 Å². The van der Waals surface area contributed by atoms with Crippen LogP contribution < -0.4 is 18.9 Å². The first-order valence-corrected chi connectivity index (χ1v) is 21.8. The average molecular weight is 919 g/mol. The van der Waals surface area contributed by atoms with Crippen molar-refractivity contribution >= 4 is 34.2 Å². The molecule has 0 spiro atoms. The molecule has 0 heterocycles. The SMILES string of the molecule is CC(CCl)COc1ccc(C(C)(C)c2ccc(OCC(O)COC(C)C)cc2)cc1.CC(CI)COc1ccc(C(C)(C)c2ccc(OCC(O)CO)cc2)cc1. The summed E-state index contributed by atoms with van der Waals surface area (Å²) >= 11 is 8.21. The first kappa shape index (κ1) is 48.3. The Balaban J connectivity index is 0.000000307. The van der Waals surface area contributed by atoms with Gasteiger partial charge < -0.3 is 39.0 Å². The highest BCUT2D eigenvalue weighted by Crippen LogP contribution is 2.35. The van der Waals surface area contributed by atoms with Crippen molar-refractivity contribution < 1.29 is 39.0 Å². The third-order valence-corrected chi connectivity index (χ3v) is 11.6. The standard InChI is InChI=1S/C25H35ClO4.C22H29IO4/c1-18(2)28-16-22(27)17-30-24-12-8-21(9-13-24)25(4,5)20-6-10-23(11-7-20)29-15-19(3)14-26;1-16(12-23)14-26-20-8-4-17(5-9-20)22(2,3)18-6-10-21(11-7-18)27-15-19(25)13-24/h6-13,18-19,22,27H,14-17H2,1-5H3;4-11,16,19,24-25H,12-15H2,1-3H3. The predicted octanol–water partition coefficient (Wildman–Crippen LogP) is 9.63. The molecular formula is C47H64ClIO8. The van der Waals surface area contributed by atoms with Gasteiger partial charge in [0.1, 0.15) is 48.4 Å². The molecule has 0 saturated heterocycles. The topological polar surface area (TPSA) is 107 Å². The fourth-order valence-corrected chi connectivity index (χ4v) is 5.90. The zero-order valence-electron chi connectivity index (χ0n) is 34.9. The van der Waals surface area contributed by atoms with Gasteiger partial charge in [-0.3, -0.25) is 0 Å². The van der Waals surface area contributed by atoms with E-state index in [9.17, 15) is 10.2 Å². The van der Waals surface area contributed by atoms with Gasteiger partial charge in [0.25, 0.3) is 0 Å². The molecule has 0 amide bonds. The van der Waals surface area contributed by atoms with Gasteiger partial charge in [0.15, 0.2) is 0 Å². The highest BCUT2D eigenvalue weighted by atomic mass is 127. The van der Waals surface area contributed by atoms with Gasteiger partial charge in [0.05, 0.1) is 32.5 Å². The number of aliphatic hydroxyl groups is 3. The minimum Gasteiger partial charge on any atom is -0.493 e. The molecule has 10 heteroatoms. The molecule has 0 aliphatic carbocycles. The van der Waals surface area contributed by atoms with Gasteiger partial charge in [-0.2, -0.15) is 0 Å². The molecular weight excluding hydrogens is 855 g/mol. The number of alkyl halides is 2. The highest BCUT2D eigenvalue weighted by Gasteiger charge is 2.24. The number of aliphatic hydroxyl groups excluding tert-OH is 3. The average Bonchev–Trinajstić information content (AvgIpc) is 3.23. The smallest absolute Gasteiger partial charge is 0.119 e. The fraction of sp³-hybridized carbons (Fsp3) is 0.489. The van der Waals surface area contributed by atoms with Gasteiger partial charge in [0.2, 0.25) is 0 Å². The molecule has 314 valence electrons. The molecule has 57 heavy (non-hydrogen) atoms. The van der Waals surface area contributed by atoms with Crippen LogP contribution >= 0.6 is 34.2 Å². The van der Waals surface area contributed by atoms with Crippen LogP contribution in [0.5, 0.6) is 23.0 Å². The monoisotopic (exact) mass is 918 g/mol. The van der Waals surface area contributed by atoms with E-state index in [4.69, 9.17) is 40.4 Å². The van der Waals surface area contributed by atoms with E-state index in [1.807, 2.05) is 74.5 Å². The number of hydrogen-bond donors (Lipinski definition) is 3. The van der Waals surface area contributed by atoms with Gasteiger partial charge in [-0.1, -0.05) is 113 Å². The van der Waals surface area contributed by atoms with Gasteiger partial charge in [-0.25, -0.2) is 0 Å². The fourth-order valence-electron chi connectivity index (χ4n) is 5.56. The molecule has 0 saturated carbocycles. The summed E-state index contributed by atoms with van der Waals surface area (Å²) < 4.78 is 29.3. The zero-order valence-corrected chi connectivity index (χ0v) is 37.8. The second kappa shape index (κ2) is 24.1. The summed E-state index contributed by atoms with van der Waals surface area (Å²) in [6, 6.07) is 32.4. The third kappa shape index (κ3) is 16.3. The maximum absolute atomic E-state index is 9.93. The van der Waals surface area contributed by atoms with E-state index < -0.39 is 12.2 Å². The van der Waals surface area contributed by atoms with Crippen molar-refractivity contribution in [1.82, 2.24) is 0 Å². The predicted molar refractivity (Wildman–Crippen MR) is 240 cm³/mol. The number of rotatable bonds is 22. The quantitative estimate of drug-likeness (QED) is 0.0529. The molecule has 4 unspecified atom stereocenters. The van der Waals surface area contributed by atoms with Crippen LogP contribution in [0.15, 0.2) is 97.1 Å². The van der Waals surface area contributed by atoms with E-state index in [-0.39, 0.29) is 43.4 Å². The lowest BCUT2D eigenvalue weighted by molar-refractivity contribution is -0.0122. The van der Waals surface area contributed by atoms with Crippen molar-refractivity contribution in [2.45, 2.75) is 84.5 Å². The second-order valence-corrected chi connectivity index (χ2v) is 17.2. The molecule has 4 aromatic rings. The molecule has 0 radical (unpaired) electrons. The van der Waals surface area contributed by atoms with Crippen LogP contribution in [-0.2, 0) is 15.6 Å². The molecule has 0 aromatic heterocycles. The summed E-state index contributed by atoms with van der Waals surface area (Å²) in [5, 5.41) is 28.1. The van der Waals surface area contributed by atoms with Crippen molar-refractivity contribution in [2.75, 3.05) is 49.9 Å². The van der Waals surface area contributed by atoms with Crippen LogP contribution in [0.3, 0.4) is 0 Å². The van der Waals surface area contributed by atoms with Gasteiger partial charge in [-0.15, -0.1) is 11.6 Å². The lowest BCUT2D eigenvalue weighted by atomic mass is 9.78. The molecule has 4 atom stereocenters. The van der Waals surface area contributed by atoms with Gasteiger partial charge in [-0.05, 0) is 90.6 Å². The minimum atomic E-state index is -0.860. The number of hydrogen-bond acceptors (Lipinski definition) is 8. The van der Waals surface area contributed by atoms with E-state index in [1.54, 1.807) is 0 Å². The summed E-state index contributed by atoms with van der Waals surface area (Å²) in [4.78, 5) is 0. The first-order valence-electron chi connectivity index (χ1n) is 19.7. The summed E-state index contributed by atoms with van der Waals surface area (Å²) in [5.74, 6) is 4.63. The lowest BCUT2D eigenvalue weighted by Gasteiger charge is -2.26. The Morgan fingerprint density at radius 3 is 1.12 bits per heavy atom. The summed E-state index contributed by atoms with van der Waals surface area (Å²) in [6.07, 6.45) is -1.41. The van der Waals surface area contributed by atoms with Crippen LogP contribution in [-0.4, -0.2) is 83.6 Å². The van der Waals surface area contributed by atoms with Crippen molar-refractivity contribution in [1.29, 1.82) is 0 Å². The van der Waals surface area contributed by atoms with Crippen LogP contribution in [0.4, 0.5) is 0 Å². The lowest BCUT2D eigenvalue weighted by Crippen LogP contribution is -2.25. The van der Waals surface area contributed by atoms with E-state index in [0.29, 0.717) is 30.1 Å². The third-order valence-electron chi connectivity index (χ3n) is 9.62. The highest BCUT2D eigenvalue weighted by molar-refractivity contribution is 14.1. The minimum absolute atomic E-state index is 0.0802. The van der Waals surface area contributed by atoms with Crippen LogP contribution in [0, 0.1) is 11.8 Å². The largest absolute Gasteiger partial charge is 0.493 e. The molecule has 4 rings (SSSR count). The first-order chi connectivity index (χ1) is 27.1. The Hall–Kier alpha value is -3.06. The van der Waals surface area contributed by atoms with Crippen molar-refractivity contribution in [3.63, 3.8) is 0 Å². The Labute approximate surface area is 360 Å². The Morgan fingerprint density at radius 2 is 0.825 bits per heavy atom. The van der Waals surface area contributed by atoms with Crippen molar-refractivity contribution in [3.05, 3.63) is 119 Å². The maximum Gasteiger partial charge on any atom is 0.119 e. The van der Waals surface area contributed by atoms with E-state index >= 15 is 0 Å². The zero-order chi connectivity index (χ0) is 42.0. The summed E-state index contributed by atoms with van der Waals surface area (Å²) in [6.45, 7) is 18.5. The number of ether oxygens (including phenoxy) is 5. The summed E-state index contributed by atoms with van der Waals surface area (Å²) in [7, 11) is 0. The van der Waals surface area contributed by atoms with Gasteiger partial charge in [0, 0.05) is 27.1 Å². The van der Waals surface area contributed by atoms with E-state index in [1.165, 1.54) is 22.3 Å². The molecule has 0 aliphatic rings. The molecule has 4 aromatic carbocycles. The molecule has 3 N–H and O–H groups in total. The van der Waals surface area contributed by atoms with E-state index in [0.717, 1.165) is 28.3 Å². The van der Waals surface area contributed by atoms with Gasteiger partial charge >= 0.3 is 0 Å². The van der Waals surface area contributed by atoms with Crippen LogP contribution in [0.25, 0.3) is 0 Å². The summed E-state index contributed by atoms with van der Waals surface area (Å²) in [5.41, 5.74) is 4.45. The number of benzene rings is 4. The molecule has 0 aliphatic heterocycles. The van der Waals surface area contributed by atoms with E-state index in [2.05, 4.69) is 101 Å². The second-order valence-electron chi connectivity index (χ2n) is 16.0. The normalized spacial score (nSPS) is 13.9. The Bertz CT molecular complexity index is 1620. The van der Waals surface area contributed by atoms with Crippen molar-refractivity contribution in [3.8, 4) is 23.0 Å². The Morgan fingerprint density at radius 1 is 0.509 bits per heavy atom. The Kier molecular flexibility index (Phi) is 20.4. The number of halogens is 2. The molecule has 8 nitrogen and oxygen atoms in total. The maximum atomic E-state index is 9.93. The van der Waals surface area contributed by atoms with Crippen molar-refractivity contribution in [2.24, 2.45) is 11.8 Å². The van der Waals surface area contributed by atoms with Crippen LogP contribution in [0.1, 0.15) is 77.6 Å².